The first-order valence-corrected chi connectivity index (χ1v) is 10.3. The Balaban J connectivity index is 1.56. The van der Waals surface area contributed by atoms with Crippen LogP contribution in [-0.2, 0) is 12.0 Å². The number of benzene rings is 1. The van der Waals surface area contributed by atoms with Gasteiger partial charge in [-0.1, -0.05) is 17.8 Å². The molecule has 2 N–H and O–H groups in total. The van der Waals surface area contributed by atoms with Gasteiger partial charge in [0.2, 0.25) is 0 Å². The van der Waals surface area contributed by atoms with Gasteiger partial charge in [-0.25, -0.2) is 23.7 Å². The van der Waals surface area contributed by atoms with E-state index in [1.807, 2.05) is 6.07 Å². The van der Waals surface area contributed by atoms with E-state index in [-0.39, 0.29) is 16.7 Å². The number of nitriles is 1. The molecule has 2 aliphatic rings. The highest BCUT2D eigenvalue weighted by Crippen LogP contribution is 2.58. The number of hydrogen-bond donors (Lipinski definition) is 1. The van der Waals surface area contributed by atoms with E-state index in [1.54, 1.807) is 18.2 Å². The summed E-state index contributed by atoms with van der Waals surface area (Å²) in [5, 5.41) is 9.54. The monoisotopic (exact) mass is 422 g/mol. The molecule has 1 aromatic carbocycles. The summed E-state index contributed by atoms with van der Waals surface area (Å²) >= 11 is 1.44. The van der Waals surface area contributed by atoms with Crippen molar-refractivity contribution in [2.45, 2.75) is 23.6 Å². The topological polar surface area (TPSA) is 101 Å². The maximum absolute atomic E-state index is 14.8. The number of amidine groups is 1. The number of halogens is 2. The fourth-order valence-corrected chi connectivity index (χ4v) is 5.34. The Kier molecular flexibility index (Phi) is 4.40. The van der Waals surface area contributed by atoms with Crippen molar-refractivity contribution in [1.82, 2.24) is 15.0 Å². The van der Waals surface area contributed by atoms with Crippen LogP contribution in [0.5, 0.6) is 0 Å². The van der Waals surface area contributed by atoms with Gasteiger partial charge in [0.05, 0.1) is 16.8 Å². The number of nitrogens with two attached hydrogens (primary N) is 1. The van der Waals surface area contributed by atoms with E-state index in [1.165, 1.54) is 30.4 Å². The van der Waals surface area contributed by atoms with Crippen LogP contribution in [0.15, 0.2) is 41.8 Å². The highest BCUT2D eigenvalue weighted by Gasteiger charge is 2.58. The van der Waals surface area contributed by atoms with Gasteiger partial charge in [0.15, 0.2) is 5.17 Å². The molecule has 0 saturated heterocycles. The molecule has 150 valence electrons. The van der Waals surface area contributed by atoms with Crippen molar-refractivity contribution in [3.8, 4) is 6.07 Å². The summed E-state index contributed by atoms with van der Waals surface area (Å²) in [4.78, 5) is 17.2. The molecule has 1 fully saturated rings. The second kappa shape index (κ2) is 6.99. The first-order chi connectivity index (χ1) is 14.5. The molecule has 0 radical (unpaired) electrons. The summed E-state index contributed by atoms with van der Waals surface area (Å²) in [6, 6.07) is 8.34. The van der Waals surface area contributed by atoms with E-state index < -0.39 is 18.0 Å². The van der Waals surface area contributed by atoms with Crippen molar-refractivity contribution < 1.29 is 8.78 Å². The number of fused-ring (bicyclic) bond motifs is 2. The van der Waals surface area contributed by atoms with Gasteiger partial charge in [-0.2, -0.15) is 5.26 Å². The van der Waals surface area contributed by atoms with Crippen LogP contribution in [0.4, 0.5) is 8.78 Å². The maximum Gasteiger partial charge on any atom is 0.155 e. The van der Waals surface area contributed by atoms with Crippen molar-refractivity contribution in [1.29, 1.82) is 5.26 Å². The standard InChI is InChI=1S/C21H16F2N6S/c22-9-21(14-6-18(14)30-20(25)29-21)13-3-11(1-2-15(13)23)4-16-19-17(28-10-27-16)5-12(7-24)8-26-19/h1-3,5,8,10,14,18H,4,6,9H2,(H2,25,29)/t14-,18+,21-/m1/s1. The van der Waals surface area contributed by atoms with Crippen molar-refractivity contribution >= 4 is 28.0 Å². The average molecular weight is 422 g/mol. The highest BCUT2D eigenvalue weighted by atomic mass is 32.2. The first kappa shape index (κ1) is 18.9. The molecular formula is C21H16F2N6S. The smallest absolute Gasteiger partial charge is 0.155 e. The normalized spacial score (nSPS) is 24.8. The second-order valence-electron chi connectivity index (χ2n) is 7.52. The number of alkyl halides is 1. The van der Waals surface area contributed by atoms with Gasteiger partial charge in [-0.3, -0.25) is 4.98 Å². The molecule has 0 unspecified atom stereocenters. The van der Waals surface area contributed by atoms with Crippen LogP contribution in [-0.4, -0.2) is 32.0 Å². The van der Waals surface area contributed by atoms with E-state index in [0.29, 0.717) is 33.9 Å². The summed E-state index contributed by atoms with van der Waals surface area (Å²) in [7, 11) is 0. The van der Waals surface area contributed by atoms with Crippen LogP contribution >= 0.6 is 11.8 Å². The highest BCUT2D eigenvalue weighted by molar-refractivity contribution is 8.14. The average Bonchev–Trinajstić information content (AvgIpc) is 3.54. The number of hydrogen-bond acceptors (Lipinski definition) is 7. The molecule has 9 heteroatoms. The zero-order chi connectivity index (χ0) is 20.9. The van der Waals surface area contributed by atoms with E-state index in [4.69, 9.17) is 11.0 Å². The molecule has 3 aromatic rings. The van der Waals surface area contributed by atoms with E-state index in [9.17, 15) is 8.78 Å². The van der Waals surface area contributed by atoms with Crippen LogP contribution in [0, 0.1) is 23.1 Å². The quantitative estimate of drug-likeness (QED) is 0.693. The fourth-order valence-electron chi connectivity index (χ4n) is 4.12. The lowest BCUT2D eigenvalue weighted by atomic mass is 9.85. The Morgan fingerprint density at radius 2 is 2.13 bits per heavy atom. The number of thioether (sulfide) groups is 1. The Hall–Kier alpha value is -3.12. The molecule has 6 nitrogen and oxygen atoms in total. The summed E-state index contributed by atoms with van der Waals surface area (Å²) in [5.41, 5.74) is 7.81. The summed E-state index contributed by atoms with van der Waals surface area (Å²) in [5.74, 6) is -0.551. The Morgan fingerprint density at radius 1 is 1.27 bits per heavy atom. The van der Waals surface area contributed by atoms with Crippen molar-refractivity contribution in [3.05, 3.63) is 65.0 Å². The van der Waals surface area contributed by atoms with Gasteiger partial charge in [-0.05, 0) is 30.2 Å². The number of pyridine rings is 1. The lowest BCUT2D eigenvalue weighted by molar-refractivity contribution is 0.271. The van der Waals surface area contributed by atoms with Crippen LogP contribution in [0.2, 0.25) is 0 Å². The number of aliphatic imine (C=N–C) groups is 1. The number of nitrogens with zero attached hydrogens (tertiary/aromatic N) is 5. The largest absolute Gasteiger partial charge is 0.379 e. The van der Waals surface area contributed by atoms with Gasteiger partial charge in [0, 0.05) is 29.3 Å². The number of aromatic nitrogens is 3. The van der Waals surface area contributed by atoms with Crippen LogP contribution in [0.25, 0.3) is 11.0 Å². The van der Waals surface area contributed by atoms with Gasteiger partial charge >= 0.3 is 0 Å². The Labute approximate surface area is 175 Å². The molecular weight excluding hydrogens is 406 g/mol. The summed E-state index contributed by atoms with van der Waals surface area (Å²) < 4.78 is 29.1. The van der Waals surface area contributed by atoms with Gasteiger partial charge in [0.25, 0.3) is 0 Å². The first-order valence-electron chi connectivity index (χ1n) is 9.40. The van der Waals surface area contributed by atoms with Gasteiger partial charge < -0.3 is 5.73 Å². The molecule has 1 saturated carbocycles. The van der Waals surface area contributed by atoms with Crippen molar-refractivity contribution in [2.24, 2.45) is 16.6 Å². The lowest BCUT2D eigenvalue weighted by Gasteiger charge is -2.31. The van der Waals surface area contributed by atoms with Gasteiger partial charge in [-0.15, -0.1) is 0 Å². The minimum Gasteiger partial charge on any atom is -0.379 e. The van der Waals surface area contributed by atoms with E-state index in [2.05, 4.69) is 19.9 Å². The van der Waals surface area contributed by atoms with Crippen LogP contribution in [0.1, 0.15) is 28.8 Å². The van der Waals surface area contributed by atoms with E-state index >= 15 is 0 Å². The van der Waals surface area contributed by atoms with Crippen molar-refractivity contribution in [3.63, 3.8) is 0 Å². The van der Waals surface area contributed by atoms with Crippen LogP contribution < -0.4 is 5.73 Å². The Bertz CT molecular complexity index is 1240. The third kappa shape index (κ3) is 2.99. The summed E-state index contributed by atoms with van der Waals surface area (Å²) in [6.45, 7) is -0.801. The fraction of sp³-hybridized carbons (Fsp3) is 0.286. The molecule has 3 heterocycles. The Morgan fingerprint density at radius 3 is 2.93 bits per heavy atom. The van der Waals surface area contributed by atoms with Crippen LogP contribution in [0.3, 0.4) is 0 Å². The molecule has 2 aromatic heterocycles. The molecule has 0 spiro atoms. The molecule has 0 bridgehead atoms. The lowest BCUT2D eigenvalue weighted by Crippen LogP contribution is -2.36. The molecule has 1 aliphatic heterocycles. The number of rotatable bonds is 4. The second-order valence-corrected chi connectivity index (χ2v) is 8.78. The molecule has 3 atom stereocenters. The SMILES string of the molecule is N#Cc1cnc2c(Cc3ccc(F)c([C@@]4(CF)N=C(N)S[C@H]5C[C@H]54)c3)ncnc2c1. The molecule has 1 aliphatic carbocycles. The minimum absolute atomic E-state index is 0.0597. The third-order valence-corrected chi connectivity index (χ3v) is 6.84. The van der Waals surface area contributed by atoms with E-state index in [0.717, 1.165) is 12.0 Å². The molecule has 5 rings (SSSR count). The third-order valence-electron chi connectivity index (χ3n) is 5.68. The predicted octanol–water partition coefficient (Wildman–Crippen LogP) is 3.24. The zero-order valence-corrected chi connectivity index (χ0v) is 16.5. The maximum atomic E-state index is 14.8. The summed E-state index contributed by atoms with van der Waals surface area (Å²) in [6.07, 6.45) is 4.00. The zero-order valence-electron chi connectivity index (χ0n) is 15.7. The molecule has 30 heavy (non-hydrogen) atoms. The molecule has 0 amide bonds. The van der Waals surface area contributed by atoms with Gasteiger partial charge in [0.1, 0.15) is 35.9 Å². The minimum atomic E-state index is -1.27. The van der Waals surface area contributed by atoms with Crippen molar-refractivity contribution in [2.75, 3.05) is 6.67 Å². The predicted molar refractivity (Wildman–Crippen MR) is 110 cm³/mol.